The maximum atomic E-state index is 13.4. The van der Waals surface area contributed by atoms with Gasteiger partial charge in [-0.25, -0.2) is 4.39 Å². The molecule has 1 N–H and O–H groups in total. The Morgan fingerprint density at radius 2 is 1.95 bits per heavy atom. The average Bonchev–Trinajstić information content (AvgIpc) is 2.94. The second kappa shape index (κ2) is 8.00. The van der Waals surface area contributed by atoms with Crippen LogP contribution in [0.25, 0.3) is 0 Å². The number of hydrogen-bond acceptors (Lipinski definition) is 2. The van der Waals surface area contributed by atoms with Gasteiger partial charge < -0.3 is 10.2 Å². The van der Waals surface area contributed by atoms with Gasteiger partial charge in [0.15, 0.2) is 0 Å². The van der Waals surface area contributed by atoms with Gasteiger partial charge in [-0.15, -0.1) is 0 Å². The number of hydrogen-bond donors (Lipinski definition) is 1. The van der Waals surface area contributed by atoms with Crippen LogP contribution in [0.5, 0.6) is 0 Å². The maximum absolute atomic E-state index is 13.4. The number of halogens is 1. The zero-order valence-electron chi connectivity index (χ0n) is 11.9. The van der Waals surface area contributed by atoms with Gasteiger partial charge in [-0.3, -0.25) is 4.79 Å². The molecule has 1 aliphatic heterocycles. The standard InChI is InChI=1S/C16H23FN2O/c17-15-8-2-1-7-14(15)13-16(20)18-9-3-4-10-19-11-5-6-12-19/h1-2,7-8H,3-6,9-13H2,(H,18,20). The quantitative estimate of drug-likeness (QED) is 0.777. The minimum Gasteiger partial charge on any atom is -0.356 e. The molecule has 0 radical (unpaired) electrons. The molecule has 3 nitrogen and oxygen atoms in total. The minimum atomic E-state index is -0.309. The highest BCUT2D eigenvalue weighted by atomic mass is 19.1. The third-order valence-electron chi connectivity index (χ3n) is 3.73. The predicted molar refractivity (Wildman–Crippen MR) is 78.0 cm³/mol. The van der Waals surface area contributed by atoms with E-state index in [1.54, 1.807) is 18.2 Å². The Labute approximate surface area is 120 Å². The van der Waals surface area contributed by atoms with Crippen LogP contribution in [0.1, 0.15) is 31.2 Å². The molecule has 0 aromatic heterocycles. The molecular weight excluding hydrogens is 255 g/mol. The Balaban J connectivity index is 1.57. The van der Waals surface area contributed by atoms with Crippen molar-refractivity contribution >= 4 is 5.91 Å². The lowest BCUT2D eigenvalue weighted by atomic mass is 10.1. The third-order valence-corrected chi connectivity index (χ3v) is 3.73. The molecule has 110 valence electrons. The molecule has 0 saturated carbocycles. The van der Waals surface area contributed by atoms with Crippen LogP contribution < -0.4 is 5.32 Å². The molecule has 0 bridgehead atoms. The monoisotopic (exact) mass is 278 g/mol. The summed E-state index contributed by atoms with van der Waals surface area (Å²) in [5.74, 6) is -0.409. The fraction of sp³-hybridized carbons (Fsp3) is 0.562. The van der Waals surface area contributed by atoms with Gasteiger partial charge >= 0.3 is 0 Å². The number of carbonyl (C=O) groups is 1. The molecular formula is C16H23FN2O. The Morgan fingerprint density at radius 1 is 1.20 bits per heavy atom. The van der Waals surface area contributed by atoms with Crippen LogP contribution in [0.3, 0.4) is 0 Å². The number of nitrogens with zero attached hydrogens (tertiary/aromatic N) is 1. The summed E-state index contributed by atoms with van der Waals surface area (Å²) in [6, 6.07) is 6.43. The van der Waals surface area contributed by atoms with E-state index in [9.17, 15) is 9.18 Å². The Hall–Kier alpha value is -1.42. The molecule has 1 aliphatic rings. The summed E-state index contributed by atoms with van der Waals surface area (Å²) >= 11 is 0. The van der Waals surface area contributed by atoms with Gasteiger partial charge in [0, 0.05) is 6.54 Å². The van der Waals surface area contributed by atoms with Crippen molar-refractivity contribution in [3.8, 4) is 0 Å². The summed E-state index contributed by atoms with van der Waals surface area (Å²) in [4.78, 5) is 14.2. The first-order valence-corrected chi connectivity index (χ1v) is 7.48. The molecule has 20 heavy (non-hydrogen) atoms. The molecule has 1 aromatic rings. The first kappa shape index (κ1) is 15.0. The van der Waals surface area contributed by atoms with Gasteiger partial charge in [0.2, 0.25) is 5.91 Å². The lowest BCUT2D eigenvalue weighted by Crippen LogP contribution is -2.27. The highest BCUT2D eigenvalue weighted by Crippen LogP contribution is 2.08. The third kappa shape index (κ3) is 4.93. The van der Waals surface area contributed by atoms with E-state index in [1.807, 2.05) is 0 Å². The van der Waals surface area contributed by atoms with E-state index in [4.69, 9.17) is 0 Å². The topological polar surface area (TPSA) is 32.3 Å². The zero-order valence-corrected chi connectivity index (χ0v) is 11.9. The first-order chi connectivity index (χ1) is 9.75. The Bertz CT molecular complexity index is 430. The number of unbranched alkanes of at least 4 members (excludes halogenated alkanes) is 1. The Kier molecular flexibility index (Phi) is 5.99. The van der Waals surface area contributed by atoms with Gasteiger partial charge in [-0.05, 0) is 56.9 Å². The van der Waals surface area contributed by atoms with Crippen LogP contribution in [0.15, 0.2) is 24.3 Å². The molecule has 4 heteroatoms. The lowest BCUT2D eigenvalue weighted by molar-refractivity contribution is -0.120. The molecule has 1 fully saturated rings. The van der Waals surface area contributed by atoms with E-state index >= 15 is 0 Å². The summed E-state index contributed by atoms with van der Waals surface area (Å²) in [7, 11) is 0. The van der Waals surface area contributed by atoms with E-state index in [-0.39, 0.29) is 18.1 Å². The van der Waals surface area contributed by atoms with Gasteiger partial charge in [-0.1, -0.05) is 18.2 Å². The molecule has 2 rings (SSSR count). The van der Waals surface area contributed by atoms with Crippen molar-refractivity contribution in [2.75, 3.05) is 26.2 Å². The van der Waals surface area contributed by atoms with E-state index < -0.39 is 0 Å². The largest absolute Gasteiger partial charge is 0.356 e. The average molecular weight is 278 g/mol. The van der Waals surface area contributed by atoms with Gasteiger partial charge in [0.1, 0.15) is 5.82 Å². The van der Waals surface area contributed by atoms with Crippen LogP contribution in [0.2, 0.25) is 0 Å². The minimum absolute atomic E-state index is 0.101. The number of rotatable bonds is 7. The van der Waals surface area contributed by atoms with Crippen molar-refractivity contribution in [3.63, 3.8) is 0 Å². The molecule has 0 spiro atoms. The number of benzene rings is 1. The highest BCUT2D eigenvalue weighted by Gasteiger charge is 2.10. The van der Waals surface area contributed by atoms with Crippen LogP contribution >= 0.6 is 0 Å². The lowest BCUT2D eigenvalue weighted by Gasteiger charge is -2.14. The van der Waals surface area contributed by atoms with E-state index in [0.29, 0.717) is 12.1 Å². The van der Waals surface area contributed by atoms with Gasteiger partial charge in [0.25, 0.3) is 0 Å². The fourth-order valence-electron chi connectivity index (χ4n) is 2.57. The van der Waals surface area contributed by atoms with Crippen LogP contribution in [0, 0.1) is 5.82 Å². The summed E-state index contributed by atoms with van der Waals surface area (Å²) in [6.45, 7) is 4.25. The number of carbonyl (C=O) groups excluding carboxylic acids is 1. The van der Waals surface area contributed by atoms with Crippen molar-refractivity contribution in [1.29, 1.82) is 0 Å². The smallest absolute Gasteiger partial charge is 0.224 e. The maximum Gasteiger partial charge on any atom is 0.224 e. The summed E-state index contributed by atoms with van der Waals surface area (Å²) in [5.41, 5.74) is 0.460. The molecule has 1 aromatic carbocycles. The normalized spacial score (nSPS) is 15.4. The molecule has 0 atom stereocenters. The summed E-state index contributed by atoms with van der Waals surface area (Å²) in [6.07, 6.45) is 4.86. The molecule has 1 saturated heterocycles. The predicted octanol–water partition coefficient (Wildman–Crippen LogP) is 2.36. The van der Waals surface area contributed by atoms with Crippen molar-refractivity contribution < 1.29 is 9.18 Å². The SMILES string of the molecule is O=C(Cc1ccccc1F)NCCCCN1CCCC1. The van der Waals surface area contributed by atoms with Crippen molar-refractivity contribution in [2.45, 2.75) is 32.1 Å². The highest BCUT2D eigenvalue weighted by molar-refractivity contribution is 5.78. The number of amides is 1. The second-order valence-corrected chi connectivity index (χ2v) is 5.37. The van der Waals surface area contributed by atoms with Crippen LogP contribution in [-0.2, 0) is 11.2 Å². The number of nitrogens with one attached hydrogen (secondary N) is 1. The summed E-state index contributed by atoms with van der Waals surface area (Å²) in [5, 5.41) is 2.86. The van der Waals surface area contributed by atoms with Crippen LogP contribution in [0.4, 0.5) is 4.39 Å². The Morgan fingerprint density at radius 3 is 2.70 bits per heavy atom. The van der Waals surface area contributed by atoms with Crippen LogP contribution in [-0.4, -0.2) is 37.0 Å². The second-order valence-electron chi connectivity index (χ2n) is 5.37. The van der Waals surface area contributed by atoms with Gasteiger partial charge in [0.05, 0.1) is 6.42 Å². The molecule has 0 aliphatic carbocycles. The zero-order chi connectivity index (χ0) is 14.2. The molecule has 0 unspecified atom stereocenters. The van der Waals surface area contributed by atoms with Crippen molar-refractivity contribution in [3.05, 3.63) is 35.6 Å². The van der Waals surface area contributed by atoms with Crippen molar-refractivity contribution in [1.82, 2.24) is 10.2 Å². The number of likely N-dealkylation sites (tertiary alicyclic amines) is 1. The van der Waals surface area contributed by atoms with Gasteiger partial charge in [-0.2, -0.15) is 0 Å². The van der Waals surface area contributed by atoms with E-state index in [2.05, 4.69) is 10.2 Å². The summed E-state index contributed by atoms with van der Waals surface area (Å²) < 4.78 is 13.4. The fourth-order valence-corrected chi connectivity index (χ4v) is 2.57. The first-order valence-electron chi connectivity index (χ1n) is 7.48. The van der Waals surface area contributed by atoms with E-state index in [1.165, 1.54) is 32.0 Å². The van der Waals surface area contributed by atoms with Crippen molar-refractivity contribution in [2.24, 2.45) is 0 Å². The van der Waals surface area contributed by atoms with E-state index in [0.717, 1.165) is 19.4 Å². The molecule has 1 heterocycles. The molecule has 1 amide bonds.